The number of hydrogen-bond acceptors (Lipinski definition) is 5. The summed E-state index contributed by atoms with van der Waals surface area (Å²) < 4.78 is 17.5. The summed E-state index contributed by atoms with van der Waals surface area (Å²) in [7, 11) is 1.67. The van der Waals surface area contributed by atoms with Crippen LogP contribution in [0.15, 0.2) is 12.2 Å². The fourth-order valence-corrected chi connectivity index (χ4v) is 4.62. The maximum atomic E-state index is 10.7. The van der Waals surface area contributed by atoms with Crippen LogP contribution in [0.2, 0.25) is 0 Å². The molecule has 4 saturated heterocycles. The summed E-state index contributed by atoms with van der Waals surface area (Å²) >= 11 is 0. The second-order valence-corrected chi connectivity index (χ2v) is 6.59. The van der Waals surface area contributed by atoms with Crippen LogP contribution in [-0.4, -0.2) is 61.0 Å². The molecular formula is C15H23NO4. The molecule has 5 fully saturated rings. The molecule has 4 heterocycles. The van der Waals surface area contributed by atoms with Gasteiger partial charge in [-0.2, -0.15) is 0 Å². The summed E-state index contributed by atoms with van der Waals surface area (Å²) in [6, 6.07) is 0. The van der Waals surface area contributed by atoms with E-state index in [4.69, 9.17) is 14.2 Å². The van der Waals surface area contributed by atoms with Gasteiger partial charge < -0.3 is 24.2 Å². The van der Waals surface area contributed by atoms with E-state index < -0.39 is 18.0 Å². The molecule has 112 valence electrons. The molecule has 1 N–H and O–H groups in total. The Balaban J connectivity index is 1.68. The first-order chi connectivity index (χ1) is 9.65. The van der Waals surface area contributed by atoms with Crippen LogP contribution in [0.1, 0.15) is 19.3 Å². The van der Waals surface area contributed by atoms with E-state index in [9.17, 15) is 5.11 Å². The lowest BCUT2D eigenvalue weighted by Crippen LogP contribution is -2.66. The van der Waals surface area contributed by atoms with Crippen molar-refractivity contribution in [2.45, 2.75) is 43.5 Å². The number of aliphatic hydroxyl groups excluding tert-OH is 1. The molecule has 1 saturated carbocycles. The second-order valence-electron chi connectivity index (χ2n) is 6.59. The predicted octanol–water partition coefficient (Wildman–Crippen LogP) is 0.733. The number of fused-ring (bicyclic) bond motifs is 1. The summed E-state index contributed by atoms with van der Waals surface area (Å²) in [5, 5.41) is 10.7. The Bertz CT molecular complexity index is 422. The molecule has 0 radical (unpaired) electrons. The van der Waals surface area contributed by atoms with Crippen molar-refractivity contribution >= 4 is 0 Å². The predicted molar refractivity (Wildman–Crippen MR) is 71.9 cm³/mol. The van der Waals surface area contributed by atoms with E-state index in [2.05, 4.69) is 11.5 Å². The van der Waals surface area contributed by atoms with Gasteiger partial charge in [0.2, 0.25) is 0 Å². The maximum absolute atomic E-state index is 10.7. The molecule has 0 amide bonds. The Morgan fingerprint density at radius 1 is 1.45 bits per heavy atom. The third-order valence-corrected chi connectivity index (χ3v) is 5.60. The van der Waals surface area contributed by atoms with Crippen LogP contribution in [0.5, 0.6) is 0 Å². The van der Waals surface area contributed by atoms with Crippen LogP contribution in [0.3, 0.4) is 0 Å². The van der Waals surface area contributed by atoms with E-state index in [-0.39, 0.29) is 18.1 Å². The van der Waals surface area contributed by atoms with Crippen molar-refractivity contribution < 1.29 is 19.3 Å². The number of aliphatic hydroxyl groups is 1. The minimum absolute atomic E-state index is 0.0561. The van der Waals surface area contributed by atoms with Gasteiger partial charge in [0, 0.05) is 19.6 Å². The lowest BCUT2D eigenvalue weighted by atomic mass is 9.76. The zero-order chi connectivity index (χ0) is 13.9. The van der Waals surface area contributed by atoms with Crippen molar-refractivity contribution in [2.24, 2.45) is 11.8 Å². The highest BCUT2D eigenvalue weighted by atomic mass is 16.8. The van der Waals surface area contributed by atoms with Crippen LogP contribution in [-0.2, 0) is 14.2 Å². The van der Waals surface area contributed by atoms with Crippen LogP contribution < -0.4 is 0 Å². The van der Waals surface area contributed by atoms with E-state index >= 15 is 0 Å². The Hall–Kier alpha value is -0.460. The van der Waals surface area contributed by atoms with Crippen molar-refractivity contribution in [1.29, 1.82) is 0 Å². The lowest BCUT2D eigenvalue weighted by molar-refractivity contribution is -0.375. The second kappa shape index (κ2) is 4.52. The minimum Gasteiger partial charge on any atom is -0.390 e. The van der Waals surface area contributed by atoms with Crippen LogP contribution in [0.25, 0.3) is 0 Å². The molecule has 5 heteroatoms. The topological polar surface area (TPSA) is 51.2 Å². The van der Waals surface area contributed by atoms with Crippen LogP contribution in [0.4, 0.5) is 0 Å². The van der Waals surface area contributed by atoms with Gasteiger partial charge in [0.15, 0.2) is 12.6 Å². The number of hydrogen-bond donors (Lipinski definition) is 1. The average molecular weight is 281 g/mol. The summed E-state index contributed by atoms with van der Waals surface area (Å²) in [4.78, 5) is 2.40. The van der Waals surface area contributed by atoms with Gasteiger partial charge in [-0.1, -0.05) is 6.58 Å². The number of nitrogens with zero attached hydrogens (tertiary/aromatic N) is 1. The molecule has 5 rings (SSSR count). The first-order valence-electron chi connectivity index (χ1n) is 7.61. The standard InChI is InChI=1S/C15H23NO4/c1-9-10-7-11(17)15(8-16-5-3-4-6-16)12(10)14(18-2)19-13(9)20-15/h10-14,17H,1,3-8H2,2H3/t10?,11-,12?,13?,14?,15?/m1/s1. The summed E-state index contributed by atoms with van der Waals surface area (Å²) in [5.74, 6) is 0.311. The van der Waals surface area contributed by atoms with Gasteiger partial charge in [-0.05, 0) is 43.8 Å². The molecule has 1 aliphatic carbocycles. The number of likely N-dealkylation sites (tertiary alicyclic amines) is 1. The number of ether oxygens (including phenoxy) is 3. The van der Waals surface area contributed by atoms with Crippen molar-refractivity contribution in [3.63, 3.8) is 0 Å². The Morgan fingerprint density at radius 3 is 2.90 bits per heavy atom. The minimum atomic E-state index is -0.542. The van der Waals surface area contributed by atoms with Gasteiger partial charge in [0.25, 0.3) is 0 Å². The molecule has 20 heavy (non-hydrogen) atoms. The zero-order valence-electron chi connectivity index (χ0n) is 12.0. The Kier molecular flexibility index (Phi) is 2.98. The highest BCUT2D eigenvalue weighted by molar-refractivity contribution is 5.25. The van der Waals surface area contributed by atoms with E-state index in [0.29, 0.717) is 0 Å². The molecule has 0 aromatic rings. The molecule has 5 unspecified atom stereocenters. The fraction of sp³-hybridized carbons (Fsp3) is 0.867. The van der Waals surface area contributed by atoms with Crippen molar-refractivity contribution in [3.05, 3.63) is 12.2 Å². The molecular weight excluding hydrogens is 258 g/mol. The SMILES string of the molecule is C=C1C2OC(OC)C3C1C[C@@H](O)C3(CN1CCCC1)O2. The summed E-state index contributed by atoms with van der Waals surface area (Å²) in [6.07, 6.45) is 2.03. The zero-order valence-corrected chi connectivity index (χ0v) is 12.0. The van der Waals surface area contributed by atoms with Gasteiger partial charge in [-0.3, -0.25) is 0 Å². The maximum Gasteiger partial charge on any atom is 0.183 e. The fourth-order valence-electron chi connectivity index (χ4n) is 4.62. The van der Waals surface area contributed by atoms with Crippen molar-refractivity contribution in [2.75, 3.05) is 26.7 Å². The van der Waals surface area contributed by atoms with Crippen molar-refractivity contribution in [1.82, 2.24) is 4.90 Å². The normalized spacial score (nSPS) is 51.1. The van der Waals surface area contributed by atoms with Gasteiger partial charge in [0.1, 0.15) is 5.60 Å². The molecule has 4 bridgehead atoms. The molecule has 5 aliphatic rings. The average Bonchev–Trinajstić information content (AvgIpc) is 3.02. The highest BCUT2D eigenvalue weighted by Gasteiger charge is 2.68. The largest absolute Gasteiger partial charge is 0.390 e. The van der Waals surface area contributed by atoms with Crippen LogP contribution >= 0.6 is 0 Å². The Labute approximate surface area is 119 Å². The monoisotopic (exact) mass is 281 g/mol. The smallest absolute Gasteiger partial charge is 0.183 e. The first-order valence-corrected chi connectivity index (χ1v) is 7.61. The molecule has 0 aromatic carbocycles. The van der Waals surface area contributed by atoms with Gasteiger partial charge >= 0.3 is 0 Å². The first kappa shape index (κ1) is 13.2. The number of methoxy groups -OCH3 is 1. The quantitative estimate of drug-likeness (QED) is 0.773. The highest BCUT2D eigenvalue weighted by Crippen LogP contribution is 2.58. The van der Waals surface area contributed by atoms with Gasteiger partial charge in [0.05, 0.1) is 6.10 Å². The van der Waals surface area contributed by atoms with E-state index in [1.54, 1.807) is 7.11 Å². The summed E-state index contributed by atoms with van der Waals surface area (Å²) in [5.41, 5.74) is 0.427. The summed E-state index contributed by atoms with van der Waals surface area (Å²) in [6.45, 7) is 7.08. The molecule has 6 atom stereocenters. The van der Waals surface area contributed by atoms with Gasteiger partial charge in [-0.15, -0.1) is 0 Å². The van der Waals surface area contributed by atoms with Crippen molar-refractivity contribution in [3.8, 4) is 0 Å². The Morgan fingerprint density at radius 2 is 2.20 bits per heavy atom. The molecule has 4 aliphatic heterocycles. The van der Waals surface area contributed by atoms with E-state index in [1.807, 2.05) is 0 Å². The third-order valence-electron chi connectivity index (χ3n) is 5.60. The third kappa shape index (κ3) is 1.61. The molecule has 5 nitrogen and oxygen atoms in total. The molecule has 0 aromatic heterocycles. The molecule has 0 spiro atoms. The van der Waals surface area contributed by atoms with Gasteiger partial charge in [-0.25, -0.2) is 0 Å². The van der Waals surface area contributed by atoms with E-state index in [1.165, 1.54) is 12.8 Å². The number of rotatable bonds is 3. The van der Waals surface area contributed by atoms with E-state index in [0.717, 1.165) is 31.6 Å². The van der Waals surface area contributed by atoms with Crippen LogP contribution in [0, 0.1) is 11.8 Å². The lowest BCUT2D eigenvalue weighted by Gasteiger charge is -2.54.